The third-order valence-electron chi connectivity index (χ3n) is 17.9. The molecule has 17 atom stereocenters. The zero-order valence-electron chi connectivity index (χ0n) is 57.7. The molecule has 0 bridgehead atoms. The highest BCUT2D eigenvalue weighted by Crippen LogP contribution is 2.33. The number of unbranched alkanes of at least 4 members (excludes halogenated alkanes) is 28. The molecule has 0 aromatic carbocycles. The van der Waals surface area contributed by atoms with E-state index >= 15 is 0 Å². The molecular weight excluding hydrogens is 1200 g/mol. The molecule has 0 aliphatic carbocycles. The van der Waals surface area contributed by atoms with E-state index in [1.54, 1.807) is 6.08 Å². The van der Waals surface area contributed by atoms with Gasteiger partial charge in [0, 0.05) is 6.42 Å². The van der Waals surface area contributed by atoms with Gasteiger partial charge >= 0.3 is 0 Å². The molecular formula is C75H131NO18. The van der Waals surface area contributed by atoms with E-state index in [-0.39, 0.29) is 18.9 Å². The number of rotatable bonds is 56. The van der Waals surface area contributed by atoms with Crippen molar-refractivity contribution in [1.29, 1.82) is 0 Å². The van der Waals surface area contributed by atoms with Crippen molar-refractivity contribution >= 4 is 5.91 Å². The maximum absolute atomic E-state index is 13.4. The van der Waals surface area contributed by atoms with Crippen LogP contribution in [0.5, 0.6) is 0 Å². The van der Waals surface area contributed by atoms with E-state index in [2.05, 4.69) is 92.1 Å². The van der Waals surface area contributed by atoms with Gasteiger partial charge in [0.05, 0.1) is 38.6 Å². The van der Waals surface area contributed by atoms with Gasteiger partial charge in [0.15, 0.2) is 18.9 Å². The second kappa shape index (κ2) is 55.8. The summed E-state index contributed by atoms with van der Waals surface area (Å²) in [6.45, 7) is 1.46. The van der Waals surface area contributed by atoms with Gasteiger partial charge in [-0.2, -0.15) is 0 Å². The summed E-state index contributed by atoms with van der Waals surface area (Å²) < 4.78 is 34.2. The predicted octanol–water partition coefficient (Wildman–Crippen LogP) is 10.7. The normalized spacial score (nSPS) is 27.9. The molecule has 544 valence electrons. The van der Waals surface area contributed by atoms with Crippen molar-refractivity contribution in [2.45, 2.75) is 356 Å². The average molecular weight is 1330 g/mol. The molecule has 3 rings (SSSR count). The van der Waals surface area contributed by atoms with E-state index in [0.717, 1.165) is 70.6 Å². The summed E-state index contributed by atoms with van der Waals surface area (Å²) in [6.07, 6.45) is 46.4. The first-order valence-corrected chi connectivity index (χ1v) is 36.8. The van der Waals surface area contributed by atoms with Crippen LogP contribution in [-0.4, -0.2) is 193 Å². The quantitative estimate of drug-likeness (QED) is 0.0199. The zero-order chi connectivity index (χ0) is 68.2. The Morgan fingerprint density at radius 1 is 0.383 bits per heavy atom. The third kappa shape index (κ3) is 36.7. The minimum absolute atomic E-state index is 0.232. The lowest BCUT2D eigenvalue weighted by Gasteiger charge is -2.48. The lowest BCUT2D eigenvalue weighted by atomic mass is 9.96. The van der Waals surface area contributed by atoms with Crippen molar-refractivity contribution in [3.63, 3.8) is 0 Å². The Morgan fingerprint density at radius 2 is 0.713 bits per heavy atom. The number of carbonyl (C=O) groups excluding carboxylic acids is 1. The summed E-state index contributed by atoms with van der Waals surface area (Å²) in [5.41, 5.74) is 0. The number of hydrogen-bond acceptors (Lipinski definition) is 18. The molecule has 0 saturated carbocycles. The van der Waals surface area contributed by atoms with Gasteiger partial charge in [-0.3, -0.25) is 4.79 Å². The Labute approximate surface area is 565 Å². The number of allylic oxidation sites excluding steroid dienone is 13. The minimum atomic E-state index is -1.98. The molecule has 0 aromatic heterocycles. The molecule has 3 aliphatic heterocycles. The van der Waals surface area contributed by atoms with E-state index in [1.165, 1.54) is 148 Å². The molecule has 0 aromatic rings. The lowest BCUT2D eigenvalue weighted by Crippen LogP contribution is -2.66. The fraction of sp³-hybridized carbons (Fsp3) is 0.800. The van der Waals surface area contributed by atoms with E-state index < -0.39 is 124 Å². The number of ether oxygens (including phenoxy) is 6. The Balaban J connectivity index is 1.27. The molecule has 94 heavy (non-hydrogen) atoms. The van der Waals surface area contributed by atoms with Crippen LogP contribution in [0.2, 0.25) is 0 Å². The predicted molar refractivity (Wildman–Crippen MR) is 369 cm³/mol. The number of aliphatic hydroxyl groups is 11. The maximum atomic E-state index is 13.4. The van der Waals surface area contributed by atoms with Crippen LogP contribution in [-0.2, 0) is 33.2 Å². The van der Waals surface area contributed by atoms with Gasteiger partial charge in [0.2, 0.25) is 5.91 Å². The van der Waals surface area contributed by atoms with Crippen LogP contribution in [0, 0.1) is 0 Å². The van der Waals surface area contributed by atoms with Crippen LogP contribution in [0.15, 0.2) is 85.1 Å². The first-order valence-electron chi connectivity index (χ1n) is 36.8. The second-order valence-corrected chi connectivity index (χ2v) is 26.0. The van der Waals surface area contributed by atoms with E-state index in [1.807, 2.05) is 6.08 Å². The van der Waals surface area contributed by atoms with Gasteiger partial charge < -0.3 is 89.9 Å². The molecule has 12 N–H and O–H groups in total. The highest BCUT2D eigenvalue weighted by molar-refractivity contribution is 5.76. The van der Waals surface area contributed by atoms with Crippen molar-refractivity contribution in [2.75, 3.05) is 26.4 Å². The Morgan fingerprint density at radius 3 is 1.15 bits per heavy atom. The maximum Gasteiger partial charge on any atom is 0.220 e. The Hall–Kier alpha value is -3.03. The third-order valence-corrected chi connectivity index (χ3v) is 17.9. The van der Waals surface area contributed by atoms with Crippen LogP contribution in [0.3, 0.4) is 0 Å². The minimum Gasteiger partial charge on any atom is -0.394 e. The molecule has 0 spiro atoms. The number of amides is 1. The van der Waals surface area contributed by atoms with Crippen molar-refractivity contribution in [3.05, 3.63) is 85.1 Å². The monoisotopic (exact) mass is 1330 g/mol. The topological polar surface area (TPSA) is 307 Å². The van der Waals surface area contributed by atoms with Gasteiger partial charge in [-0.25, -0.2) is 0 Å². The van der Waals surface area contributed by atoms with Gasteiger partial charge in [-0.15, -0.1) is 0 Å². The van der Waals surface area contributed by atoms with E-state index in [9.17, 15) is 61.0 Å². The Bertz CT molecular complexity index is 2030. The molecule has 19 nitrogen and oxygen atoms in total. The first-order chi connectivity index (χ1) is 45.8. The average Bonchev–Trinajstić information content (AvgIpc) is 0.788. The summed E-state index contributed by atoms with van der Waals surface area (Å²) in [5.74, 6) is -0.291. The molecule has 3 heterocycles. The first kappa shape index (κ1) is 85.2. The number of carbonyl (C=O) groups is 1. The van der Waals surface area contributed by atoms with Gasteiger partial charge in [-0.05, 0) is 77.0 Å². The van der Waals surface area contributed by atoms with Gasteiger partial charge in [0.1, 0.15) is 73.2 Å². The summed E-state index contributed by atoms with van der Waals surface area (Å²) >= 11 is 0. The number of aliphatic hydroxyl groups excluding tert-OH is 11. The summed E-state index contributed by atoms with van der Waals surface area (Å²) in [5, 5.41) is 120. The van der Waals surface area contributed by atoms with Gasteiger partial charge in [0.25, 0.3) is 0 Å². The molecule has 1 amide bonds. The zero-order valence-corrected chi connectivity index (χ0v) is 57.7. The van der Waals surface area contributed by atoms with Crippen LogP contribution in [0.1, 0.15) is 251 Å². The summed E-state index contributed by atoms with van der Waals surface area (Å²) in [6, 6.07) is -0.996. The van der Waals surface area contributed by atoms with Crippen LogP contribution in [0.25, 0.3) is 0 Å². The lowest BCUT2D eigenvalue weighted by molar-refractivity contribution is -0.379. The fourth-order valence-electron chi connectivity index (χ4n) is 12.0. The van der Waals surface area contributed by atoms with Crippen molar-refractivity contribution in [3.8, 4) is 0 Å². The largest absolute Gasteiger partial charge is 0.394 e. The van der Waals surface area contributed by atoms with Crippen molar-refractivity contribution < 1.29 is 89.4 Å². The molecule has 3 aliphatic rings. The SMILES string of the molecule is CC/C=C\C/C=C\C/C=C\C/C=C\CCCCCCCCCCCCCCCCCCCCCCCCCCCCC(=O)NC(COC1OC(CO)C(OC2OC(CO)C(OC3OC(CO)C(O)C(O)C3O)C(O)C2O)C(O)C1O)C(O)/C=C/CC/C=C/CC/C=C/CC. The number of hydrogen-bond donors (Lipinski definition) is 12. The summed E-state index contributed by atoms with van der Waals surface area (Å²) in [7, 11) is 0. The fourth-order valence-corrected chi connectivity index (χ4v) is 12.0. The molecule has 3 fully saturated rings. The molecule has 0 radical (unpaired) electrons. The molecule has 3 saturated heterocycles. The standard InChI is InChI=1S/C75H131NO18/c1-3-5-7-9-11-13-15-16-17-18-19-20-21-22-23-24-25-26-27-28-29-30-31-32-33-34-35-36-37-38-39-40-41-42-43-45-47-49-51-53-63(81)76-58(59(80)52-50-48-46-44-14-12-10-8-6-4-2)57-89-73-69(87)66(84)71(61(55-78)91-73)94-75-70(88)67(85)72(62(56-79)92-75)93-74-68(86)65(83)64(82)60(54-77)90-74/h5-8,11,13-14,16-17,19-20,44,50,52,58-62,64-75,77-80,82-88H,3-4,9-10,12,15,18,21-43,45-49,51,53-57H2,1-2H3,(H,76,81)/b7-5-,8-6+,13-11-,17-16-,20-19-,44-14+,52-50+. The van der Waals surface area contributed by atoms with Crippen LogP contribution < -0.4 is 5.32 Å². The molecule has 19 heteroatoms. The summed E-state index contributed by atoms with van der Waals surface area (Å²) in [4.78, 5) is 13.4. The van der Waals surface area contributed by atoms with Crippen LogP contribution in [0.4, 0.5) is 0 Å². The highest BCUT2D eigenvalue weighted by Gasteiger charge is 2.53. The van der Waals surface area contributed by atoms with E-state index in [4.69, 9.17) is 28.4 Å². The second-order valence-electron chi connectivity index (χ2n) is 26.0. The van der Waals surface area contributed by atoms with E-state index in [0.29, 0.717) is 12.8 Å². The molecule has 17 unspecified atom stereocenters. The smallest absolute Gasteiger partial charge is 0.220 e. The van der Waals surface area contributed by atoms with Crippen molar-refractivity contribution in [1.82, 2.24) is 5.32 Å². The Kier molecular flexibility index (Phi) is 50.6. The van der Waals surface area contributed by atoms with Crippen LogP contribution >= 0.6 is 0 Å². The van der Waals surface area contributed by atoms with Gasteiger partial charge in [-0.1, -0.05) is 253 Å². The highest BCUT2D eigenvalue weighted by atomic mass is 16.8. The van der Waals surface area contributed by atoms with Crippen molar-refractivity contribution in [2.24, 2.45) is 0 Å². The number of nitrogens with one attached hydrogen (secondary N) is 1.